The third kappa shape index (κ3) is 1.82. The van der Waals surface area contributed by atoms with Crippen LogP contribution in [-0.2, 0) is 6.42 Å². The van der Waals surface area contributed by atoms with Crippen molar-refractivity contribution >= 4 is 21.8 Å². The Morgan fingerprint density at radius 3 is 2.88 bits per heavy atom. The molecule has 0 atom stereocenters. The van der Waals surface area contributed by atoms with Crippen LogP contribution in [0.5, 0.6) is 0 Å². The fraction of sp³-hybridized carbons (Fsp3) is 0.182. The number of hydrogen-bond acceptors (Lipinski definition) is 3. The van der Waals surface area contributed by atoms with E-state index in [-0.39, 0.29) is 5.82 Å². The zero-order valence-corrected chi connectivity index (χ0v) is 10.2. The van der Waals surface area contributed by atoms with Crippen molar-refractivity contribution < 1.29 is 8.91 Å². The number of hydrogen-bond donors (Lipinski definition) is 1. The molecule has 84 valence electrons. The molecule has 0 saturated carbocycles. The van der Waals surface area contributed by atoms with E-state index >= 15 is 0 Å². The molecule has 2 N–H and O–H groups in total. The molecule has 0 aliphatic heterocycles. The minimum atomic E-state index is -0.301. The summed E-state index contributed by atoms with van der Waals surface area (Å²) in [6.07, 6.45) is 0.717. The average Bonchev–Trinajstić information content (AvgIpc) is 2.59. The summed E-state index contributed by atoms with van der Waals surface area (Å²) in [5.41, 5.74) is 7.93. The summed E-state index contributed by atoms with van der Waals surface area (Å²) in [6.45, 7) is 1.96. The van der Waals surface area contributed by atoms with Crippen molar-refractivity contribution in [2.45, 2.75) is 13.3 Å². The zero-order valence-electron chi connectivity index (χ0n) is 8.63. The van der Waals surface area contributed by atoms with Gasteiger partial charge in [-0.3, -0.25) is 0 Å². The minimum absolute atomic E-state index is 0.301. The monoisotopic (exact) mass is 284 g/mol. The summed E-state index contributed by atoms with van der Waals surface area (Å²) < 4.78 is 18.5. The molecule has 5 heteroatoms. The summed E-state index contributed by atoms with van der Waals surface area (Å²) in [5, 5.41) is 3.89. The third-order valence-electron chi connectivity index (χ3n) is 2.36. The van der Waals surface area contributed by atoms with Gasteiger partial charge in [0.05, 0.1) is 0 Å². The standard InChI is InChI=1S/C11H10BrFN2O/c1-2-7-10(15-16-11(7)14)8-4-3-6(13)5-9(8)12/h3-5H,2,14H2,1H3. The fourth-order valence-electron chi connectivity index (χ4n) is 1.56. The van der Waals surface area contributed by atoms with Crippen LogP contribution in [0.25, 0.3) is 11.3 Å². The van der Waals surface area contributed by atoms with Gasteiger partial charge in [0.2, 0.25) is 5.88 Å². The molecule has 1 heterocycles. The molecule has 0 radical (unpaired) electrons. The predicted molar refractivity (Wildman–Crippen MR) is 63.4 cm³/mol. The van der Waals surface area contributed by atoms with E-state index < -0.39 is 0 Å². The van der Waals surface area contributed by atoms with Crippen molar-refractivity contribution in [3.63, 3.8) is 0 Å². The van der Waals surface area contributed by atoms with Crippen molar-refractivity contribution in [3.8, 4) is 11.3 Å². The largest absolute Gasteiger partial charge is 0.367 e. The summed E-state index contributed by atoms with van der Waals surface area (Å²) in [4.78, 5) is 0. The van der Waals surface area contributed by atoms with Gasteiger partial charge in [0.1, 0.15) is 11.5 Å². The molecule has 0 aliphatic rings. The van der Waals surface area contributed by atoms with Crippen LogP contribution in [0, 0.1) is 5.82 Å². The van der Waals surface area contributed by atoms with Gasteiger partial charge in [-0.25, -0.2) is 4.39 Å². The van der Waals surface area contributed by atoms with Crippen molar-refractivity contribution in [1.82, 2.24) is 5.16 Å². The second-order valence-electron chi connectivity index (χ2n) is 3.35. The molecule has 2 rings (SSSR count). The first kappa shape index (κ1) is 11.1. The number of nitrogens with two attached hydrogens (primary N) is 1. The van der Waals surface area contributed by atoms with Gasteiger partial charge in [-0.1, -0.05) is 12.1 Å². The van der Waals surface area contributed by atoms with E-state index in [0.717, 1.165) is 11.1 Å². The van der Waals surface area contributed by atoms with E-state index in [2.05, 4.69) is 21.1 Å². The molecular formula is C11H10BrFN2O. The molecule has 16 heavy (non-hydrogen) atoms. The Bertz CT molecular complexity index is 525. The van der Waals surface area contributed by atoms with Gasteiger partial charge in [-0.15, -0.1) is 0 Å². The second-order valence-corrected chi connectivity index (χ2v) is 4.21. The normalized spacial score (nSPS) is 10.7. The Hall–Kier alpha value is -1.36. The van der Waals surface area contributed by atoms with E-state index in [9.17, 15) is 4.39 Å². The highest BCUT2D eigenvalue weighted by Crippen LogP contribution is 2.33. The highest BCUT2D eigenvalue weighted by molar-refractivity contribution is 9.10. The Morgan fingerprint density at radius 1 is 1.50 bits per heavy atom. The molecule has 2 aromatic rings. The van der Waals surface area contributed by atoms with Crippen LogP contribution in [0.4, 0.5) is 10.3 Å². The molecule has 1 aromatic heterocycles. The molecule has 0 aliphatic carbocycles. The molecular weight excluding hydrogens is 275 g/mol. The molecule has 0 bridgehead atoms. The van der Waals surface area contributed by atoms with Gasteiger partial charge >= 0.3 is 0 Å². The first-order chi connectivity index (χ1) is 7.63. The van der Waals surface area contributed by atoms with E-state index in [1.54, 1.807) is 6.07 Å². The van der Waals surface area contributed by atoms with E-state index in [1.165, 1.54) is 12.1 Å². The van der Waals surface area contributed by atoms with Gasteiger partial charge in [0.15, 0.2) is 0 Å². The van der Waals surface area contributed by atoms with E-state index in [4.69, 9.17) is 10.3 Å². The summed E-state index contributed by atoms with van der Waals surface area (Å²) in [7, 11) is 0. The van der Waals surface area contributed by atoms with Crippen molar-refractivity contribution in [1.29, 1.82) is 0 Å². The van der Waals surface area contributed by atoms with Crippen LogP contribution >= 0.6 is 15.9 Å². The number of halogens is 2. The first-order valence-corrected chi connectivity index (χ1v) is 5.62. The number of anilines is 1. The van der Waals surface area contributed by atoms with E-state index in [0.29, 0.717) is 22.5 Å². The zero-order chi connectivity index (χ0) is 11.7. The van der Waals surface area contributed by atoms with Crippen molar-refractivity contribution in [2.75, 3.05) is 5.73 Å². The lowest BCUT2D eigenvalue weighted by Gasteiger charge is -2.02. The SMILES string of the molecule is CCc1c(-c2ccc(F)cc2Br)noc1N. The van der Waals surface area contributed by atoms with E-state index in [1.807, 2.05) is 6.92 Å². The quantitative estimate of drug-likeness (QED) is 0.920. The lowest BCUT2D eigenvalue weighted by Crippen LogP contribution is -1.91. The summed E-state index contributed by atoms with van der Waals surface area (Å²) >= 11 is 3.29. The lowest BCUT2D eigenvalue weighted by atomic mass is 10.1. The predicted octanol–water partition coefficient (Wildman–Crippen LogP) is 3.39. The highest BCUT2D eigenvalue weighted by atomic mass is 79.9. The minimum Gasteiger partial charge on any atom is -0.367 e. The topological polar surface area (TPSA) is 52.0 Å². The van der Waals surface area contributed by atoms with Gasteiger partial charge < -0.3 is 10.3 Å². The number of benzene rings is 1. The molecule has 0 unspecified atom stereocenters. The fourth-order valence-corrected chi connectivity index (χ4v) is 2.10. The van der Waals surface area contributed by atoms with Crippen LogP contribution in [0.3, 0.4) is 0 Å². The van der Waals surface area contributed by atoms with Crippen LogP contribution in [0.2, 0.25) is 0 Å². The summed E-state index contributed by atoms with van der Waals surface area (Å²) in [6, 6.07) is 4.42. The molecule has 0 fully saturated rings. The first-order valence-electron chi connectivity index (χ1n) is 4.83. The summed E-state index contributed by atoms with van der Waals surface area (Å²) in [5.74, 6) is 0.0128. The van der Waals surface area contributed by atoms with Crippen LogP contribution in [0.1, 0.15) is 12.5 Å². The Morgan fingerprint density at radius 2 is 2.25 bits per heavy atom. The highest BCUT2D eigenvalue weighted by Gasteiger charge is 2.16. The van der Waals surface area contributed by atoms with Crippen molar-refractivity contribution in [3.05, 3.63) is 34.1 Å². The van der Waals surface area contributed by atoms with Gasteiger partial charge in [-0.2, -0.15) is 0 Å². The van der Waals surface area contributed by atoms with Crippen molar-refractivity contribution in [2.24, 2.45) is 0 Å². The van der Waals surface area contributed by atoms with Gasteiger partial charge in [0.25, 0.3) is 0 Å². The number of rotatable bonds is 2. The van der Waals surface area contributed by atoms with Crippen LogP contribution in [0.15, 0.2) is 27.2 Å². The average molecular weight is 285 g/mol. The maximum absolute atomic E-state index is 13.0. The Labute approximate surface area is 101 Å². The molecule has 0 amide bonds. The molecule has 1 aromatic carbocycles. The van der Waals surface area contributed by atoms with Crippen LogP contribution < -0.4 is 5.73 Å². The lowest BCUT2D eigenvalue weighted by molar-refractivity contribution is 0.438. The Balaban J connectivity index is 2.58. The smallest absolute Gasteiger partial charge is 0.225 e. The third-order valence-corrected chi connectivity index (χ3v) is 3.01. The van der Waals surface area contributed by atoms with Gasteiger partial charge in [0, 0.05) is 15.6 Å². The van der Waals surface area contributed by atoms with Crippen LogP contribution in [-0.4, -0.2) is 5.16 Å². The maximum Gasteiger partial charge on any atom is 0.225 e. The molecule has 3 nitrogen and oxygen atoms in total. The number of aromatic nitrogens is 1. The molecule has 0 saturated heterocycles. The second kappa shape index (κ2) is 4.25. The number of nitrogens with zero attached hydrogens (tertiary/aromatic N) is 1. The Kier molecular flexibility index (Phi) is 2.96. The molecule has 0 spiro atoms. The van der Waals surface area contributed by atoms with Gasteiger partial charge in [-0.05, 0) is 40.5 Å². The maximum atomic E-state index is 13.0. The number of nitrogen functional groups attached to an aromatic ring is 1.